The number of aromatic nitrogens is 4. The Balaban J connectivity index is 0.00000145. The first-order valence-electron chi connectivity index (χ1n) is 10.8. The van der Waals surface area contributed by atoms with Crippen molar-refractivity contribution < 1.29 is 0 Å². The molecule has 1 saturated heterocycles. The first kappa shape index (κ1) is 22.9. The highest BCUT2D eigenvalue weighted by Crippen LogP contribution is 2.18. The number of allylic oxidation sites excluding steroid dienone is 3. The van der Waals surface area contributed by atoms with Gasteiger partial charge in [-0.25, -0.2) is 9.97 Å². The Morgan fingerprint density at radius 1 is 1.17 bits per heavy atom. The van der Waals surface area contributed by atoms with E-state index in [-0.39, 0.29) is 5.56 Å². The van der Waals surface area contributed by atoms with E-state index in [0.29, 0.717) is 11.2 Å². The molecule has 1 N–H and O–H groups in total. The number of aryl methyl sites for hydroxylation is 1. The topological polar surface area (TPSA) is 70.1 Å². The number of H-pyrrole nitrogens is 1. The number of imidazole rings is 1. The van der Waals surface area contributed by atoms with Crippen LogP contribution in [0.4, 0.5) is 0 Å². The van der Waals surface area contributed by atoms with Crippen LogP contribution >= 0.6 is 0 Å². The molecule has 0 aromatic carbocycles. The van der Waals surface area contributed by atoms with Gasteiger partial charge in [0.1, 0.15) is 0 Å². The number of hydrogen-bond acceptors (Lipinski definition) is 5. The summed E-state index contributed by atoms with van der Waals surface area (Å²) in [5.74, 6) is 0. The van der Waals surface area contributed by atoms with E-state index in [1.165, 1.54) is 17.6 Å². The average Bonchev–Trinajstić information content (AvgIpc) is 3.18. The lowest BCUT2D eigenvalue weighted by Gasteiger charge is -2.37. The molecule has 0 bridgehead atoms. The molecule has 7 heteroatoms. The van der Waals surface area contributed by atoms with E-state index in [4.69, 9.17) is 0 Å². The standard InChI is InChI=1S/C20H30N6O.C2H6/c1-4-7-17(16(3)5-2)25-12-10-24(11-13-25)8-6-9-26-15-23-18-19(26)21-14-22-20(18)27;1-2/h5,7,14-15H,4,6,8-13H2,1-3H3,(H,21,22,27);1-2H3/b16-5-,17-7+;. The van der Waals surface area contributed by atoms with E-state index < -0.39 is 0 Å². The highest BCUT2D eigenvalue weighted by Gasteiger charge is 2.19. The molecule has 1 aliphatic rings. The molecule has 0 aliphatic carbocycles. The third-order valence-corrected chi connectivity index (χ3v) is 5.23. The lowest BCUT2D eigenvalue weighted by Crippen LogP contribution is -2.46. The van der Waals surface area contributed by atoms with Gasteiger partial charge in [0.2, 0.25) is 0 Å². The second kappa shape index (κ2) is 11.6. The number of nitrogens with one attached hydrogen (secondary N) is 1. The zero-order valence-corrected chi connectivity index (χ0v) is 18.6. The molecule has 0 unspecified atom stereocenters. The summed E-state index contributed by atoms with van der Waals surface area (Å²) in [6.07, 6.45) is 9.77. The van der Waals surface area contributed by atoms with Crippen LogP contribution < -0.4 is 5.56 Å². The highest BCUT2D eigenvalue weighted by atomic mass is 16.1. The summed E-state index contributed by atoms with van der Waals surface area (Å²) in [7, 11) is 0. The van der Waals surface area contributed by atoms with Gasteiger partial charge in [0.25, 0.3) is 5.56 Å². The molecular weight excluding hydrogens is 364 g/mol. The van der Waals surface area contributed by atoms with Crippen LogP contribution in [0.2, 0.25) is 0 Å². The van der Waals surface area contributed by atoms with Crippen LogP contribution in [0.5, 0.6) is 0 Å². The van der Waals surface area contributed by atoms with Crippen LogP contribution in [0.25, 0.3) is 11.2 Å². The van der Waals surface area contributed by atoms with Crippen molar-refractivity contribution in [1.82, 2.24) is 29.3 Å². The van der Waals surface area contributed by atoms with Crippen molar-refractivity contribution in [3.8, 4) is 0 Å². The van der Waals surface area contributed by atoms with E-state index in [9.17, 15) is 4.79 Å². The van der Waals surface area contributed by atoms with E-state index in [1.807, 2.05) is 18.4 Å². The highest BCUT2D eigenvalue weighted by molar-refractivity contribution is 5.68. The van der Waals surface area contributed by atoms with Crippen LogP contribution in [0.15, 0.2) is 40.9 Å². The van der Waals surface area contributed by atoms with Crippen molar-refractivity contribution in [3.05, 3.63) is 46.4 Å². The predicted octanol–water partition coefficient (Wildman–Crippen LogP) is 3.41. The minimum absolute atomic E-state index is 0.178. The Morgan fingerprint density at radius 2 is 1.90 bits per heavy atom. The van der Waals surface area contributed by atoms with Crippen LogP contribution in [0.1, 0.15) is 47.5 Å². The van der Waals surface area contributed by atoms with Crippen LogP contribution in [-0.2, 0) is 6.54 Å². The molecule has 160 valence electrons. The van der Waals surface area contributed by atoms with E-state index in [1.54, 1.807) is 6.33 Å². The summed E-state index contributed by atoms with van der Waals surface area (Å²) in [5.41, 5.74) is 3.66. The molecule has 0 saturated carbocycles. The molecule has 0 radical (unpaired) electrons. The number of fused-ring (bicyclic) bond motifs is 1. The Kier molecular flexibility index (Phi) is 9.12. The van der Waals surface area contributed by atoms with Crippen molar-refractivity contribution in [2.45, 2.75) is 54.0 Å². The zero-order chi connectivity index (χ0) is 21.2. The van der Waals surface area contributed by atoms with Crippen LogP contribution in [0.3, 0.4) is 0 Å². The minimum Gasteiger partial charge on any atom is -0.369 e. The summed E-state index contributed by atoms with van der Waals surface area (Å²) in [6, 6.07) is 0. The van der Waals surface area contributed by atoms with E-state index >= 15 is 0 Å². The molecule has 2 aromatic rings. The fourth-order valence-corrected chi connectivity index (χ4v) is 3.61. The number of aromatic amines is 1. The molecule has 7 nitrogen and oxygen atoms in total. The second-order valence-corrected chi connectivity index (χ2v) is 6.99. The first-order valence-corrected chi connectivity index (χ1v) is 10.8. The fourth-order valence-electron chi connectivity index (χ4n) is 3.61. The maximum Gasteiger partial charge on any atom is 0.278 e. The molecule has 29 heavy (non-hydrogen) atoms. The van der Waals surface area contributed by atoms with Gasteiger partial charge in [0.05, 0.1) is 12.7 Å². The Hall–Kier alpha value is -2.41. The molecule has 1 aliphatic heterocycles. The Labute approximate surface area is 174 Å². The van der Waals surface area contributed by atoms with Crippen LogP contribution in [-0.4, -0.2) is 62.0 Å². The molecule has 3 heterocycles. The van der Waals surface area contributed by atoms with Crippen molar-refractivity contribution in [3.63, 3.8) is 0 Å². The summed E-state index contributed by atoms with van der Waals surface area (Å²) < 4.78 is 1.97. The van der Waals surface area contributed by atoms with Gasteiger partial charge in [-0.2, -0.15) is 0 Å². The third-order valence-electron chi connectivity index (χ3n) is 5.23. The molecule has 2 aromatic heterocycles. The van der Waals surface area contributed by atoms with Gasteiger partial charge in [-0.15, -0.1) is 0 Å². The molecular formula is C22H36N6O. The van der Waals surface area contributed by atoms with Gasteiger partial charge in [0.15, 0.2) is 11.2 Å². The SMILES string of the molecule is C/C=C(C)\C(=C/CC)N1CCN(CCCn2cnc3c(=O)[nH]cnc32)CC1.CC. The minimum atomic E-state index is -0.178. The average molecular weight is 401 g/mol. The van der Waals surface area contributed by atoms with Crippen molar-refractivity contribution in [2.24, 2.45) is 0 Å². The number of piperazine rings is 1. The van der Waals surface area contributed by atoms with Gasteiger partial charge in [0, 0.05) is 38.4 Å². The van der Waals surface area contributed by atoms with Gasteiger partial charge in [-0.1, -0.05) is 32.9 Å². The third kappa shape index (κ3) is 5.79. The summed E-state index contributed by atoms with van der Waals surface area (Å²) in [6.45, 7) is 16.7. The van der Waals surface area contributed by atoms with Gasteiger partial charge >= 0.3 is 0 Å². The Morgan fingerprint density at radius 3 is 2.55 bits per heavy atom. The van der Waals surface area contributed by atoms with Gasteiger partial charge in [-0.05, 0) is 38.8 Å². The second-order valence-electron chi connectivity index (χ2n) is 6.99. The van der Waals surface area contributed by atoms with E-state index in [0.717, 1.165) is 52.1 Å². The first-order chi connectivity index (χ1) is 14.1. The molecule has 0 amide bonds. The Bertz CT molecular complexity index is 871. The zero-order valence-electron chi connectivity index (χ0n) is 18.6. The molecule has 1 fully saturated rings. The predicted molar refractivity (Wildman–Crippen MR) is 120 cm³/mol. The summed E-state index contributed by atoms with van der Waals surface area (Å²) >= 11 is 0. The lowest BCUT2D eigenvalue weighted by molar-refractivity contribution is 0.157. The maximum absolute atomic E-state index is 11.7. The maximum atomic E-state index is 11.7. The van der Waals surface area contributed by atoms with E-state index in [2.05, 4.69) is 57.7 Å². The number of hydrogen-bond donors (Lipinski definition) is 1. The molecule has 0 atom stereocenters. The number of nitrogens with zero attached hydrogens (tertiary/aromatic N) is 5. The summed E-state index contributed by atoms with van der Waals surface area (Å²) in [5, 5.41) is 0. The molecule has 3 rings (SSSR count). The monoisotopic (exact) mass is 400 g/mol. The fraction of sp³-hybridized carbons (Fsp3) is 0.591. The van der Waals surface area contributed by atoms with Crippen molar-refractivity contribution in [2.75, 3.05) is 32.7 Å². The quantitative estimate of drug-likeness (QED) is 0.721. The van der Waals surface area contributed by atoms with Gasteiger partial charge < -0.3 is 14.5 Å². The lowest BCUT2D eigenvalue weighted by atomic mass is 10.1. The van der Waals surface area contributed by atoms with Crippen molar-refractivity contribution >= 4 is 11.2 Å². The molecule has 0 spiro atoms. The van der Waals surface area contributed by atoms with Crippen LogP contribution in [0, 0.1) is 0 Å². The normalized spacial score (nSPS) is 16.1. The largest absolute Gasteiger partial charge is 0.369 e. The van der Waals surface area contributed by atoms with Crippen molar-refractivity contribution in [1.29, 1.82) is 0 Å². The summed E-state index contributed by atoms with van der Waals surface area (Å²) in [4.78, 5) is 27.7. The number of rotatable bonds is 7. The smallest absolute Gasteiger partial charge is 0.278 e. The van der Waals surface area contributed by atoms with Gasteiger partial charge in [-0.3, -0.25) is 9.69 Å².